The van der Waals surface area contributed by atoms with Gasteiger partial charge in [0, 0.05) is 6.42 Å². The number of nitrogens with one attached hydrogen (secondary N) is 1. The van der Waals surface area contributed by atoms with Crippen LogP contribution < -0.4 is 10.2 Å². The molecule has 0 fully saturated rings. The number of rotatable bonds is 56. The highest BCUT2D eigenvalue weighted by molar-refractivity contribution is 7.45. The minimum absolute atomic E-state index is 0.0119. The molecular weight excluding hydrogens is 924 g/mol. The predicted octanol–water partition coefficient (Wildman–Crippen LogP) is 18.4. The highest BCUT2D eigenvalue weighted by Gasteiger charge is 2.24. The molecule has 0 rings (SSSR count). The first kappa shape index (κ1) is 70.9. The number of aliphatic hydroxyl groups is 1. The molecule has 0 heterocycles. The molecule has 0 aromatic rings. The third-order valence-electron chi connectivity index (χ3n) is 13.7. The Morgan fingerprint density at radius 1 is 0.493 bits per heavy atom. The van der Waals surface area contributed by atoms with Gasteiger partial charge < -0.3 is 28.8 Å². The summed E-state index contributed by atoms with van der Waals surface area (Å²) < 4.78 is 23.4. The first-order valence-electron chi connectivity index (χ1n) is 30.8. The molecule has 0 aliphatic heterocycles. The molecule has 1 amide bonds. The molecule has 0 aromatic heterocycles. The van der Waals surface area contributed by atoms with Crippen molar-refractivity contribution in [3.8, 4) is 0 Å². The van der Waals surface area contributed by atoms with Gasteiger partial charge in [-0.25, -0.2) is 0 Å². The fraction of sp³-hybridized carbons (Fsp3) is 0.797. The third-order valence-corrected chi connectivity index (χ3v) is 14.7. The van der Waals surface area contributed by atoms with Gasteiger partial charge in [-0.1, -0.05) is 279 Å². The summed E-state index contributed by atoms with van der Waals surface area (Å²) in [5.74, 6) is -0.163. The fourth-order valence-corrected chi connectivity index (χ4v) is 9.65. The van der Waals surface area contributed by atoms with Crippen molar-refractivity contribution >= 4 is 13.7 Å². The SMILES string of the molecule is CC/C=C\C/C=C\C/C=C\C/C=C\C/C=C\C/C=C\CCCCCCCCCCCCCCCCCCCCC(=O)NC(COP(=O)([O-])OCC[N+](C)(C)C)C(O)CCCCCCCCCCCCCCCC. The lowest BCUT2D eigenvalue weighted by Gasteiger charge is -2.30. The van der Waals surface area contributed by atoms with E-state index in [2.05, 4.69) is 92.1 Å². The van der Waals surface area contributed by atoms with Gasteiger partial charge in [0.1, 0.15) is 13.2 Å². The summed E-state index contributed by atoms with van der Waals surface area (Å²) >= 11 is 0. The van der Waals surface area contributed by atoms with Crippen molar-refractivity contribution in [2.45, 2.75) is 289 Å². The number of likely N-dealkylation sites (N-methyl/N-ethyl adjacent to an activating group) is 1. The Balaban J connectivity index is 3.96. The molecule has 8 nitrogen and oxygen atoms in total. The van der Waals surface area contributed by atoms with E-state index in [-0.39, 0.29) is 19.1 Å². The zero-order chi connectivity index (χ0) is 53.5. The number of quaternary nitrogens is 1. The molecule has 73 heavy (non-hydrogen) atoms. The number of phosphoric acid groups is 1. The van der Waals surface area contributed by atoms with Gasteiger partial charge in [0.25, 0.3) is 7.82 Å². The molecule has 0 radical (unpaired) electrons. The number of phosphoric ester groups is 1. The Hall–Kier alpha value is -2.06. The van der Waals surface area contributed by atoms with Gasteiger partial charge in [0.15, 0.2) is 0 Å². The number of hydrogen-bond acceptors (Lipinski definition) is 6. The van der Waals surface area contributed by atoms with E-state index in [9.17, 15) is 19.4 Å². The summed E-state index contributed by atoms with van der Waals surface area (Å²) in [6, 6.07) is -0.801. The second-order valence-corrected chi connectivity index (χ2v) is 23.4. The Bertz CT molecular complexity index is 1420. The van der Waals surface area contributed by atoms with E-state index < -0.39 is 20.0 Å². The van der Waals surface area contributed by atoms with Crippen LogP contribution in [0.5, 0.6) is 0 Å². The van der Waals surface area contributed by atoms with Crippen LogP contribution in [-0.4, -0.2) is 68.5 Å². The van der Waals surface area contributed by atoms with E-state index in [0.717, 1.165) is 77.0 Å². The van der Waals surface area contributed by atoms with Crippen LogP contribution in [0.25, 0.3) is 0 Å². The number of amides is 1. The van der Waals surface area contributed by atoms with Crippen LogP contribution in [0.3, 0.4) is 0 Å². The summed E-state index contributed by atoms with van der Waals surface area (Å²) in [6.45, 7) is 4.62. The average molecular weight is 1040 g/mol. The maximum Gasteiger partial charge on any atom is 0.268 e. The van der Waals surface area contributed by atoms with E-state index in [1.165, 1.54) is 173 Å². The van der Waals surface area contributed by atoms with Crippen molar-refractivity contribution in [2.75, 3.05) is 40.9 Å². The summed E-state index contributed by atoms with van der Waals surface area (Å²) in [5, 5.41) is 14.0. The van der Waals surface area contributed by atoms with Crippen molar-refractivity contribution in [3.63, 3.8) is 0 Å². The number of nitrogens with zero attached hydrogens (tertiary/aromatic N) is 1. The number of carbonyl (C=O) groups is 1. The molecule has 426 valence electrons. The number of unbranched alkanes of at least 4 members (excludes halogenated alkanes) is 31. The van der Waals surface area contributed by atoms with Gasteiger partial charge in [-0.15, -0.1) is 0 Å². The van der Waals surface area contributed by atoms with E-state index >= 15 is 0 Å². The molecule has 0 saturated carbocycles. The largest absolute Gasteiger partial charge is 0.756 e. The monoisotopic (exact) mass is 1040 g/mol. The first-order valence-corrected chi connectivity index (χ1v) is 32.2. The van der Waals surface area contributed by atoms with Crippen LogP contribution in [0, 0.1) is 0 Å². The molecular formula is C64H119N2O6P. The number of aliphatic hydroxyl groups excluding tert-OH is 1. The van der Waals surface area contributed by atoms with Crippen LogP contribution in [0.2, 0.25) is 0 Å². The lowest BCUT2D eigenvalue weighted by atomic mass is 10.0. The molecule has 0 spiro atoms. The van der Waals surface area contributed by atoms with Gasteiger partial charge in [-0.2, -0.15) is 0 Å². The quantitative estimate of drug-likeness (QED) is 0.0272. The molecule has 0 saturated heterocycles. The minimum Gasteiger partial charge on any atom is -0.756 e. The Morgan fingerprint density at radius 3 is 1.22 bits per heavy atom. The molecule has 9 heteroatoms. The summed E-state index contributed by atoms with van der Waals surface area (Å²) in [5.41, 5.74) is 0. The van der Waals surface area contributed by atoms with E-state index in [4.69, 9.17) is 9.05 Å². The lowest BCUT2D eigenvalue weighted by Crippen LogP contribution is -2.46. The average Bonchev–Trinajstić information content (AvgIpc) is 3.35. The van der Waals surface area contributed by atoms with Gasteiger partial charge in [0.2, 0.25) is 5.91 Å². The van der Waals surface area contributed by atoms with E-state index in [1.54, 1.807) is 0 Å². The van der Waals surface area contributed by atoms with E-state index in [1.807, 2.05) is 21.1 Å². The lowest BCUT2D eigenvalue weighted by molar-refractivity contribution is -0.870. The topological polar surface area (TPSA) is 108 Å². The summed E-state index contributed by atoms with van der Waals surface area (Å²) in [7, 11) is 1.31. The highest BCUT2D eigenvalue weighted by atomic mass is 31.2. The van der Waals surface area contributed by atoms with Crippen LogP contribution >= 0.6 is 7.82 Å². The highest BCUT2D eigenvalue weighted by Crippen LogP contribution is 2.38. The normalized spacial score (nSPS) is 14.3. The Morgan fingerprint density at radius 2 is 0.836 bits per heavy atom. The Labute approximate surface area is 453 Å². The smallest absolute Gasteiger partial charge is 0.268 e. The van der Waals surface area contributed by atoms with Gasteiger partial charge in [-0.05, 0) is 64.2 Å². The predicted molar refractivity (Wildman–Crippen MR) is 316 cm³/mol. The van der Waals surface area contributed by atoms with Gasteiger partial charge >= 0.3 is 0 Å². The molecule has 3 unspecified atom stereocenters. The Kier molecular flexibility index (Phi) is 53.2. The van der Waals surface area contributed by atoms with Crippen LogP contribution in [-0.2, 0) is 18.4 Å². The summed E-state index contributed by atoms with van der Waals surface area (Å²) in [4.78, 5) is 25.5. The first-order chi connectivity index (χ1) is 35.5. The van der Waals surface area contributed by atoms with Gasteiger partial charge in [0.05, 0.1) is 39.9 Å². The number of carbonyl (C=O) groups excluding carboxylic acids is 1. The van der Waals surface area contributed by atoms with Gasteiger partial charge in [-0.3, -0.25) is 9.36 Å². The van der Waals surface area contributed by atoms with Crippen LogP contribution in [0.15, 0.2) is 72.9 Å². The van der Waals surface area contributed by atoms with Crippen LogP contribution in [0.4, 0.5) is 0 Å². The second-order valence-electron chi connectivity index (χ2n) is 22.0. The van der Waals surface area contributed by atoms with Crippen molar-refractivity contribution in [1.29, 1.82) is 0 Å². The van der Waals surface area contributed by atoms with Crippen molar-refractivity contribution < 1.29 is 32.9 Å². The second kappa shape index (κ2) is 54.7. The van der Waals surface area contributed by atoms with Crippen molar-refractivity contribution in [2.24, 2.45) is 0 Å². The molecule has 0 aliphatic rings. The fourth-order valence-electron chi connectivity index (χ4n) is 8.93. The van der Waals surface area contributed by atoms with E-state index in [0.29, 0.717) is 23.9 Å². The zero-order valence-electron chi connectivity index (χ0n) is 48.6. The van der Waals surface area contributed by atoms with Crippen LogP contribution in [0.1, 0.15) is 277 Å². The molecule has 0 aliphatic carbocycles. The maximum absolute atomic E-state index is 13.0. The zero-order valence-corrected chi connectivity index (χ0v) is 49.5. The standard InChI is InChI=1S/C64H119N2O6P/c1-6-8-10-12-14-16-18-20-22-23-24-25-26-27-28-29-30-31-32-33-34-35-36-37-38-39-40-41-42-43-44-46-48-50-52-54-56-58-64(68)65-62(61-72-73(69,70)71-60-59-66(3,4)5)63(67)57-55-53-51-49-47-45-21-19-17-15-13-11-9-7-2/h8,10,14,16,20,22,24-25,27-28,30-31,62-63,67H,6-7,9,11-13,15,17-19,21,23,26,29,32-61H2,1-5H3,(H-,65,68,69,70)/b10-8-,16-14-,22-20-,25-24-,28-27-,31-30-. The molecule has 2 N–H and O–H groups in total. The number of allylic oxidation sites excluding steroid dienone is 12. The summed E-state index contributed by atoms with van der Waals surface area (Å²) in [6.07, 6.45) is 75.2. The molecule has 0 aromatic carbocycles. The minimum atomic E-state index is -4.57. The molecule has 3 atom stereocenters. The molecule has 0 bridgehead atoms. The maximum atomic E-state index is 13.0. The van der Waals surface area contributed by atoms with Crippen molar-refractivity contribution in [3.05, 3.63) is 72.9 Å². The van der Waals surface area contributed by atoms with Crippen molar-refractivity contribution in [1.82, 2.24) is 5.32 Å². The third kappa shape index (κ3) is 57.5. The number of hydrogen-bond donors (Lipinski definition) is 2.